The molecule has 7 heteroatoms. The molecular weight excluding hydrogens is 383 g/mol. The maximum absolute atomic E-state index is 5.93. The third kappa shape index (κ3) is 2.61. The number of rotatable bonds is 2. The maximum atomic E-state index is 5.93. The topological polar surface area (TPSA) is 25.8 Å². The van der Waals surface area contributed by atoms with E-state index in [0.29, 0.717) is 0 Å². The lowest BCUT2D eigenvalue weighted by atomic mass is 10.5. The smallest absolute Gasteiger partial charge is 0.142 e. The average Bonchev–Trinajstić information content (AvgIpc) is 2.74. The Morgan fingerprint density at radius 1 is 1.33 bits per heavy atom. The fraction of sp³-hybridized carbons (Fsp3) is 0.250. The molecule has 2 heterocycles. The van der Waals surface area contributed by atoms with E-state index in [0.717, 1.165) is 23.2 Å². The zero-order valence-electron chi connectivity index (χ0n) is 7.50. The molecule has 0 aliphatic carbocycles. The van der Waals surface area contributed by atoms with Gasteiger partial charge in [-0.2, -0.15) is 0 Å². The minimum atomic E-state index is -0.0805. The van der Waals surface area contributed by atoms with Gasteiger partial charge in [0, 0.05) is 4.47 Å². The molecule has 0 fully saturated rings. The number of thiophene rings is 1. The molecule has 80 valence electrons. The van der Waals surface area contributed by atoms with E-state index < -0.39 is 0 Å². The number of nitrogens with zero attached hydrogens (tertiary/aromatic N) is 2. The SMILES string of the molecule is CC(Cl)c1nnc(-c2cc(Br)c(Br)s2)s1. The summed E-state index contributed by atoms with van der Waals surface area (Å²) in [5.74, 6) is 0. The molecule has 0 spiro atoms. The molecule has 2 aromatic rings. The molecule has 1 unspecified atom stereocenters. The van der Waals surface area contributed by atoms with Crippen molar-refractivity contribution in [1.82, 2.24) is 10.2 Å². The summed E-state index contributed by atoms with van der Waals surface area (Å²) in [6.07, 6.45) is 0. The number of hydrogen-bond acceptors (Lipinski definition) is 4. The van der Waals surface area contributed by atoms with Gasteiger partial charge in [-0.3, -0.25) is 0 Å². The normalized spacial score (nSPS) is 13.1. The van der Waals surface area contributed by atoms with Gasteiger partial charge in [-0.15, -0.1) is 33.1 Å². The second-order valence-electron chi connectivity index (χ2n) is 2.79. The van der Waals surface area contributed by atoms with E-state index in [1.807, 2.05) is 13.0 Å². The van der Waals surface area contributed by atoms with Crippen LogP contribution in [0.5, 0.6) is 0 Å². The Kier molecular flexibility index (Phi) is 3.83. The number of alkyl halides is 1. The molecule has 0 radical (unpaired) electrons. The van der Waals surface area contributed by atoms with Crippen LogP contribution in [0.4, 0.5) is 0 Å². The molecule has 0 N–H and O–H groups in total. The first-order valence-electron chi connectivity index (χ1n) is 4.00. The second-order valence-corrected chi connectivity index (χ2v) is 7.68. The molecule has 2 aromatic heterocycles. The standard InChI is InChI=1S/C8H5Br2ClN2S2/c1-3(11)7-12-13-8(15-7)5-2-4(9)6(10)14-5/h2-3H,1H3. The van der Waals surface area contributed by atoms with Gasteiger partial charge < -0.3 is 0 Å². The van der Waals surface area contributed by atoms with Crippen LogP contribution in [-0.2, 0) is 0 Å². The van der Waals surface area contributed by atoms with Gasteiger partial charge in [-0.25, -0.2) is 0 Å². The first kappa shape index (κ1) is 12.0. The van der Waals surface area contributed by atoms with Crippen molar-refractivity contribution >= 4 is 66.1 Å². The zero-order valence-corrected chi connectivity index (χ0v) is 13.1. The van der Waals surface area contributed by atoms with E-state index in [1.54, 1.807) is 11.3 Å². The minimum Gasteiger partial charge on any atom is -0.142 e. The van der Waals surface area contributed by atoms with Crippen molar-refractivity contribution in [2.24, 2.45) is 0 Å². The second kappa shape index (κ2) is 4.79. The molecule has 0 saturated heterocycles. The Bertz CT molecular complexity index is 461. The molecular formula is C8H5Br2ClN2S2. The summed E-state index contributed by atoms with van der Waals surface area (Å²) in [6, 6.07) is 2.03. The highest BCUT2D eigenvalue weighted by Crippen LogP contribution is 2.40. The maximum Gasteiger partial charge on any atom is 0.157 e. The first-order valence-corrected chi connectivity index (χ1v) is 7.66. The molecule has 0 aliphatic heterocycles. The van der Waals surface area contributed by atoms with Crippen LogP contribution in [0.2, 0.25) is 0 Å². The molecule has 2 rings (SSSR count). The van der Waals surface area contributed by atoms with Crippen molar-refractivity contribution in [2.45, 2.75) is 12.3 Å². The number of aromatic nitrogens is 2. The fourth-order valence-electron chi connectivity index (χ4n) is 0.947. The van der Waals surface area contributed by atoms with Crippen LogP contribution in [0.3, 0.4) is 0 Å². The predicted octanol–water partition coefficient (Wildman–Crippen LogP) is 5.09. The Hall–Kier alpha value is 0.510. The Morgan fingerprint density at radius 2 is 2.07 bits per heavy atom. The summed E-state index contributed by atoms with van der Waals surface area (Å²) in [4.78, 5) is 1.09. The third-order valence-electron chi connectivity index (χ3n) is 1.64. The Balaban J connectivity index is 2.37. The summed E-state index contributed by atoms with van der Waals surface area (Å²) < 4.78 is 2.10. The predicted molar refractivity (Wildman–Crippen MR) is 72.9 cm³/mol. The lowest BCUT2D eigenvalue weighted by molar-refractivity contribution is 0.963. The summed E-state index contributed by atoms with van der Waals surface area (Å²) in [6.45, 7) is 1.89. The van der Waals surface area contributed by atoms with Gasteiger partial charge in [0.1, 0.15) is 5.01 Å². The molecule has 15 heavy (non-hydrogen) atoms. The monoisotopic (exact) mass is 386 g/mol. The lowest BCUT2D eigenvalue weighted by Gasteiger charge is -1.90. The van der Waals surface area contributed by atoms with Crippen LogP contribution >= 0.6 is 66.1 Å². The van der Waals surface area contributed by atoms with Gasteiger partial charge in [-0.1, -0.05) is 11.3 Å². The van der Waals surface area contributed by atoms with E-state index in [-0.39, 0.29) is 5.38 Å². The molecule has 0 bridgehead atoms. The van der Waals surface area contributed by atoms with Gasteiger partial charge in [-0.05, 0) is 44.8 Å². The van der Waals surface area contributed by atoms with Crippen molar-refractivity contribution in [3.8, 4) is 9.88 Å². The van der Waals surface area contributed by atoms with Crippen LogP contribution in [0.1, 0.15) is 17.3 Å². The molecule has 0 amide bonds. The molecule has 0 aliphatic rings. The van der Waals surface area contributed by atoms with Crippen LogP contribution in [0.15, 0.2) is 14.3 Å². The van der Waals surface area contributed by atoms with Gasteiger partial charge in [0.05, 0.1) is 14.0 Å². The number of hydrogen-bond donors (Lipinski definition) is 0. The van der Waals surface area contributed by atoms with E-state index >= 15 is 0 Å². The molecule has 0 saturated carbocycles. The number of halogens is 3. The fourth-order valence-corrected chi connectivity index (χ4v) is 3.97. The Labute approximate surface area is 117 Å². The van der Waals surface area contributed by atoms with Crippen LogP contribution < -0.4 is 0 Å². The first-order chi connectivity index (χ1) is 7.08. The van der Waals surface area contributed by atoms with Crippen molar-refractivity contribution in [3.63, 3.8) is 0 Å². The van der Waals surface area contributed by atoms with Crippen LogP contribution in [-0.4, -0.2) is 10.2 Å². The highest BCUT2D eigenvalue weighted by molar-refractivity contribution is 9.13. The molecule has 1 atom stereocenters. The Morgan fingerprint density at radius 3 is 2.53 bits per heavy atom. The van der Waals surface area contributed by atoms with Gasteiger partial charge >= 0.3 is 0 Å². The van der Waals surface area contributed by atoms with Gasteiger partial charge in [0.25, 0.3) is 0 Å². The van der Waals surface area contributed by atoms with E-state index in [2.05, 4.69) is 42.1 Å². The van der Waals surface area contributed by atoms with E-state index in [1.165, 1.54) is 11.3 Å². The average molecular weight is 389 g/mol. The van der Waals surface area contributed by atoms with Gasteiger partial charge in [0.15, 0.2) is 5.01 Å². The van der Waals surface area contributed by atoms with Crippen molar-refractivity contribution in [1.29, 1.82) is 0 Å². The lowest BCUT2D eigenvalue weighted by Crippen LogP contribution is -1.80. The van der Waals surface area contributed by atoms with Crippen molar-refractivity contribution in [2.75, 3.05) is 0 Å². The largest absolute Gasteiger partial charge is 0.157 e. The summed E-state index contributed by atoms with van der Waals surface area (Å²) in [5, 5.41) is 9.84. The van der Waals surface area contributed by atoms with Crippen molar-refractivity contribution in [3.05, 3.63) is 19.3 Å². The van der Waals surface area contributed by atoms with E-state index in [9.17, 15) is 0 Å². The summed E-state index contributed by atoms with van der Waals surface area (Å²) in [7, 11) is 0. The highest BCUT2D eigenvalue weighted by Gasteiger charge is 2.13. The third-order valence-corrected chi connectivity index (χ3v) is 6.50. The highest BCUT2D eigenvalue weighted by atomic mass is 79.9. The zero-order chi connectivity index (χ0) is 11.0. The summed E-state index contributed by atoms with van der Waals surface area (Å²) >= 11 is 16.0. The van der Waals surface area contributed by atoms with E-state index in [4.69, 9.17) is 11.6 Å². The molecule has 0 aromatic carbocycles. The van der Waals surface area contributed by atoms with Crippen molar-refractivity contribution < 1.29 is 0 Å². The quantitative estimate of drug-likeness (QED) is 0.670. The van der Waals surface area contributed by atoms with Crippen LogP contribution in [0, 0.1) is 0 Å². The minimum absolute atomic E-state index is 0.0805. The van der Waals surface area contributed by atoms with Crippen LogP contribution in [0.25, 0.3) is 9.88 Å². The van der Waals surface area contributed by atoms with Gasteiger partial charge in [0.2, 0.25) is 0 Å². The summed E-state index contributed by atoms with van der Waals surface area (Å²) in [5.41, 5.74) is 0. The molecule has 2 nitrogen and oxygen atoms in total.